The molecule has 0 aliphatic heterocycles. The van der Waals surface area contributed by atoms with Gasteiger partial charge in [-0.2, -0.15) is 5.26 Å². The topological polar surface area (TPSA) is 104 Å². The first-order valence-corrected chi connectivity index (χ1v) is 10.3. The summed E-state index contributed by atoms with van der Waals surface area (Å²) in [6.45, 7) is 1.89. The van der Waals surface area contributed by atoms with Crippen LogP contribution in [0.2, 0.25) is 5.02 Å². The Morgan fingerprint density at radius 2 is 2.12 bits per heavy atom. The van der Waals surface area contributed by atoms with Crippen LogP contribution >= 0.6 is 11.6 Å². The number of nitrogens with zero attached hydrogens (tertiary/aromatic N) is 3. The van der Waals surface area contributed by atoms with E-state index in [9.17, 15) is 9.59 Å². The molecule has 1 aromatic carbocycles. The number of carbonyl (C=O) groups is 2. The summed E-state index contributed by atoms with van der Waals surface area (Å²) in [5.41, 5.74) is 2.96. The number of rotatable bonds is 7. The number of amides is 1. The van der Waals surface area contributed by atoms with Crippen molar-refractivity contribution in [2.45, 2.75) is 25.8 Å². The second-order valence-electron chi connectivity index (χ2n) is 7.35. The van der Waals surface area contributed by atoms with Gasteiger partial charge in [-0.15, -0.1) is 0 Å². The van der Waals surface area contributed by atoms with E-state index in [-0.39, 0.29) is 25.0 Å². The fourth-order valence-corrected chi connectivity index (χ4v) is 3.68. The zero-order chi connectivity index (χ0) is 23.3. The average Bonchev–Trinajstić information content (AvgIpc) is 2.78. The van der Waals surface area contributed by atoms with E-state index in [0.717, 1.165) is 11.1 Å². The van der Waals surface area contributed by atoms with Crippen LogP contribution in [0.5, 0.6) is 0 Å². The van der Waals surface area contributed by atoms with Gasteiger partial charge in [0, 0.05) is 35.0 Å². The lowest BCUT2D eigenvalue weighted by molar-refractivity contribution is -0.137. The van der Waals surface area contributed by atoms with Crippen molar-refractivity contribution < 1.29 is 19.4 Å². The molecule has 1 aromatic heterocycles. The normalized spacial score (nSPS) is 14.9. The molecule has 1 atom stereocenters. The van der Waals surface area contributed by atoms with E-state index in [1.807, 2.05) is 25.1 Å². The number of aliphatic carboxylic acids is 1. The van der Waals surface area contributed by atoms with E-state index >= 15 is 0 Å². The summed E-state index contributed by atoms with van der Waals surface area (Å²) in [6.07, 6.45) is 7.52. The number of likely N-dealkylation sites (N-methyl/N-ethyl adjacent to an activating group) is 1. The molecule has 0 saturated carbocycles. The molecule has 1 amide bonds. The monoisotopic (exact) mass is 451 g/mol. The molecule has 32 heavy (non-hydrogen) atoms. The summed E-state index contributed by atoms with van der Waals surface area (Å²) in [7, 11) is 1.68. The van der Waals surface area contributed by atoms with Crippen LogP contribution in [0.3, 0.4) is 0 Å². The van der Waals surface area contributed by atoms with Gasteiger partial charge in [-0.25, -0.2) is 4.98 Å². The third-order valence-electron chi connectivity index (χ3n) is 5.19. The lowest BCUT2D eigenvalue weighted by Gasteiger charge is -2.31. The number of nitriles is 1. The molecule has 1 aliphatic carbocycles. The van der Waals surface area contributed by atoms with Gasteiger partial charge in [-0.1, -0.05) is 23.8 Å². The SMILES string of the molecule is Cc1cc(C#N)ncc1-c1cc(C(=O)N(C)C2CC=CC=C2OCCC(=O)O)ccc1Cl. The molecule has 2 aromatic rings. The molecule has 0 saturated heterocycles. The minimum absolute atomic E-state index is 0.0313. The summed E-state index contributed by atoms with van der Waals surface area (Å²) < 4.78 is 5.64. The minimum atomic E-state index is -0.945. The van der Waals surface area contributed by atoms with Crippen LogP contribution in [0, 0.1) is 18.3 Å². The maximum Gasteiger partial charge on any atom is 0.306 e. The Bertz CT molecular complexity index is 1150. The van der Waals surface area contributed by atoms with Crippen LogP contribution in [-0.4, -0.2) is 46.6 Å². The first-order valence-electron chi connectivity index (χ1n) is 9.97. The van der Waals surface area contributed by atoms with E-state index < -0.39 is 5.97 Å². The minimum Gasteiger partial charge on any atom is -0.495 e. The standard InChI is InChI=1S/C24H22ClN3O4/c1-15-11-17(13-26)27-14-19(15)18-12-16(7-8-20(18)25)24(31)28(2)21-5-3-4-6-22(21)32-10-9-23(29)30/h3-4,6-8,11-12,14,21H,5,9-10H2,1-2H3,(H,29,30). The van der Waals surface area contributed by atoms with E-state index in [4.69, 9.17) is 26.7 Å². The van der Waals surface area contributed by atoms with Crippen molar-refractivity contribution in [2.75, 3.05) is 13.7 Å². The average molecular weight is 452 g/mol. The zero-order valence-electron chi connectivity index (χ0n) is 17.7. The van der Waals surface area contributed by atoms with Crippen LogP contribution in [-0.2, 0) is 9.53 Å². The first kappa shape index (κ1) is 23.0. The second kappa shape index (κ2) is 10.1. The van der Waals surface area contributed by atoms with Crippen LogP contribution < -0.4 is 0 Å². The molecule has 164 valence electrons. The molecule has 0 radical (unpaired) electrons. The molecule has 0 spiro atoms. The van der Waals surface area contributed by atoms with Crippen molar-refractivity contribution in [3.05, 3.63) is 76.3 Å². The van der Waals surface area contributed by atoms with E-state index in [1.54, 1.807) is 48.5 Å². The third kappa shape index (κ3) is 5.16. The molecular formula is C24H22ClN3O4. The van der Waals surface area contributed by atoms with E-state index in [1.165, 1.54) is 0 Å². The number of benzene rings is 1. The lowest BCUT2D eigenvalue weighted by Crippen LogP contribution is -2.39. The number of carbonyl (C=O) groups excluding carboxylic acids is 1. The number of ether oxygens (including phenoxy) is 1. The highest BCUT2D eigenvalue weighted by Gasteiger charge is 2.27. The predicted octanol–water partition coefficient (Wildman–Crippen LogP) is 4.36. The quantitative estimate of drug-likeness (QED) is 0.670. The van der Waals surface area contributed by atoms with Crippen molar-refractivity contribution in [1.29, 1.82) is 5.26 Å². The number of allylic oxidation sites excluding steroid dienone is 2. The Labute approximate surface area is 191 Å². The smallest absolute Gasteiger partial charge is 0.306 e. The maximum absolute atomic E-state index is 13.3. The van der Waals surface area contributed by atoms with Crippen LogP contribution in [0.15, 0.2) is 54.4 Å². The molecule has 7 nitrogen and oxygen atoms in total. The molecular weight excluding hydrogens is 430 g/mol. The second-order valence-corrected chi connectivity index (χ2v) is 7.76. The molecule has 8 heteroatoms. The van der Waals surface area contributed by atoms with Crippen molar-refractivity contribution in [3.8, 4) is 17.2 Å². The summed E-state index contributed by atoms with van der Waals surface area (Å²) in [5.74, 6) is -0.625. The predicted molar refractivity (Wildman–Crippen MR) is 120 cm³/mol. The van der Waals surface area contributed by atoms with Gasteiger partial charge in [0.25, 0.3) is 5.91 Å². The van der Waals surface area contributed by atoms with Crippen molar-refractivity contribution in [3.63, 3.8) is 0 Å². The molecule has 1 heterocycles. The molecule has 1 unspecified atom stereocenters. The summed E-state index contributed by atoms with van der Waals surface area (Å²) in [5, 5.41) is 18.4. The lowest BCUT2D eigenvalue weighted by atomic mass is 9.99. The van der Waals surface area contributed by atoms with Gasteiger partial charge in [0.2, 0.25) is 0 Å². The first-order chi connectivity index (χ1) is 15.3. The number of hydrogen-bond acceptors (Lipinski definition) is 5. The number of pyridine rings is 1. The van der Waals surface area contributed by atoms with Crippen molar-refractivity contribution in [2.24, 2.45) is 0 Å². The highest BCUT2D eigenvalue weighted by atomic mass is 35.5. The van der Waals surface area contributed by atoms with Crippen molar-refractivity contribution in [1.82, 2.24) is 9.88 Å². The molecule has 0 bridgehead atoms. The summed E-state index contributed by atoms with van der Waals surface area (Å²) >= 11 is 6.41. The number of aromatic nitrogens is 1. The van der Waals surface area contributed by atoms with Gasteiger partial charge in [0.15, 0.2) is 0 Å². The Hall–Kier alpha value is -3.63. The maximum atomic E-state index is 13.3. The number of hydrogen-bond donors (Lipinski definition) is 1. The molecule has 0 fully saturated rings. The Kier molecular flexibility index (Phi) is 7.29. The van der Waals surface area contributed by atoms with Gasteiger partial charge in [0.1, 0.15) is 17.5 Å². The molecule has 3 rings (SSSR count). The van der Waals surface area contributed by atoms with Gasteiger partial charge in [-0.05, 0) is 49.2 Å². The molecule has 1 N–H and O–H groups in total. The van der Waals surface area contributed by atoms with Gasteiger partial charge in [0.05, 0.1) is 19.1 Å². The van der Waals surface area contributed by atoms with Crippen LogP contribution in [0.25, 0.3) is 11.1 Å². The summed E-state index contributed by atoms with van der Waals surface area (Å²) in [6, 6.07) is 8.36. The number of carboxylic acid groups (broad SMARTS) is 1. The zero-order valence-corrected chi connectivity index (χ0v) is 18.5. The van der Waals surface area contributed by atoms with Crippen molar-refractivity contribution >= 4 is 23.5 Å². The van der Waals surface area contributed by atoms with Gasteiger partial charge in [-0.3, -0.25) is 9.59 Å². The highest BCUT2D eigenvalue weighted by Crippen LogP contribution is 2.32. The Morgan fingerprint density at radius 1 is 1.34 bits per heavy atom. The van der Waals surface area contributed by atoms with E-state index in [0.29, 0.717) is 34.0 Å². The van der Waals surface area contributed by atoms with Gasteiger partial charge >= 0.3 is 5.97 Å². The molecule has 1 aliphatic rings. The fraction of sp³-hybridized carbons (Fsp3) is 0.250. The fourth-order valence-electron chi connectivity index (χ4n) is 3.46. The van der Waals surface area contributed by atoms with E-state index in [2.05, 4.69) is 4.98 Å². The van der Waals surface area contributed by atoms with Crippen LogP contribution in [0.4, 0.5) is 0 Å². The number of carboxylic acids is 1. The highest BCUT2D eigenvalue weighted by molar-refractivity contribution is 6.33. The largest absolute Gasteiger partial charge is 0.495 e. The third-order valence-corrected chi connectivity index (χ3v) is 5.52. The Morgan fingerprint density at radius 3 is 2.81 bits per heavy atom. The number of halogens is 1. The number of aryl methyl sites for hydroxylation is 1. The van der Waals surface area contributed by atoms with Gasteiger partial charge < -0.3 is 14.7 Å². The Balaban J connectivity index is 1.85. The summed E-state index contributed by atoms with van der Waals surface area (Å²) in [4.78, 5) is 29.7. The van der Waals surface area contributed by atoms with Crippen LogP contribution in [0.1, 0.15) is 34.5 Å².